The van der Waals surface area contributed by atoms with Crippen LogP contribution in [0.5, 0.6) is 0 Å². The normalized spacial score (nSPS) is 25.2. The molecule has 0 bridgehead atoms. The van der Waals surface area contributed by atoms with E-state index in [9.17, 15) is 13.2 Å². The Labute approximate surface area is 99.0 Å². The highest BCUT2D eigenvalue weighted by atomic mass is 19.4. The molecule has 1 heterocycles. The third kappa shape index (κ3) is 2.32. The summed E-state index contributed by atoms with van der Waals surface area (Å²) in [5.74, 6) is 0. The zero-order valence-electron chi connectivity index (χ0n) is 9.77. The number of hydrogen-bond donors (Lipinski definition) is 1. The first-order chi connectivity index (χ1) is 7.98. The van der Waals surface area contributed by atoms with E-state index in [0.29, 0.717) is 0 Å². The SMILES string of the molecule is CCC1(c2cccc(C(F)(F)F)c2)CCCN1. The van der Waals surface area contributed by atoms with Crippen LogP contribution < -0.4 is 5.32 Å². The summed E-state index contributed by atoms with van der Waals surface area (Å²) in [6.45, 7) is 2.89. The highest BCUT2D eigenvalue weighted by Crippen LogP contribution is 2.37. The van der Waals surface area contributed by atoms with Crippen LogP contribution in [-0.2, 0) is 11.7 Å². The van der Waals surface area contributed by atoms with E-state index in [-0.39, 0.29) is 5.54 Å². The van der Waals surface area contributed by atoms with Crippen LogP contribution in [0.3, 0.4) is 0 Å². The summed E-state index contributed by atoms with van der Waals surface area (Å²) in [6, 6.07) is 5.69. The summed E-state index contributed by atoms with van der Waals surface area (Å²) < 4.78 is 38.0. The van der Waals surface area contributed by atoms with Gasteiger partial charge < -0.3 is 5.32 Å². The van der Waals surface area contributed by atoms with Crippen molar-refractivity contribution in [2.75, 3.05) is 6.54 Å². The standard InChI is InChI=1S/C13H16F3N/c1-2-12(7-4-8-17-12)10-5-3-6-11(9-10)13(14,15)16/h3,5-6,9,17H,2,4,7-8H2,1H3. The molecule has 1 N–H and O–H groups in total. The average molecular weight is 243 g/mol. The second kappa shape index (κ2) is 4.33. The smallest absolute Gasteiger partial charge is 0.307 e. The summed E-state index contributed by atoms with van der Waals surface area (Å²) in [5, 5.41) is 3.35. The first-order valence-electron chi connectivity index (χ1n) is 5.91. The van der Waals surface area contributed by atoms with Gasteiger partial charge in [-0.3, -0.25) is 0 Å². The van der Waals surface area contributed by atoms with Gasteiger partial charge >= 0.3 is 6.18 Å². The molecular weight excluding hydrogens is 227 g/mol. The molecule has 1 aliphatic rings. The molecule has 1 aromatic carbocycles. The first-order valence-corrected chi connectivity index (χ1v) is 5.91. The highest BCUT2D eigenvalue weighted by Gasteiger charge is 2.36. The van der Waals surface area contributed by atoms with Crippen molar-refractivity contribution in [3.8, 4) is 0 Å². The average Bonchev–Trinajstić information content (AvgIpc) is 2.78. The van der Waals surface area contributed by atoms with Crippen molar-refractivity contribution in [3.63, 3.8) is 0 Å². The van der Waals surface area contributed by atoms with E-state index in [1.807, 2.05) is 6.92 Å². The number of alkyl halides is 3. The van der Waals surface area contributed by atoms with Gasteiger partial charge in [0.1, 0.15) is 0 Å². The maximum atomic E-state index is 12.7. The van der Waals surface area contributed by atoms with Crippen LogP contribution >= 0.6 is 0 Å². The minimum Gasteiger partial charge on any atom is -0.307 e. The molecule has 1 fully saturated rings. The summed E-state index contributed by atoms with van der Waals surface area (Å²) in [4.78, 5) is 0. The Kier molecular flexibility index (Phi) is 3.17. The molecule has 1 aromatic rings. The third-order valence-corrected chi connectivity index (χ3v) is 3.59. The van der Waals surface area contributed by atoms with E-state index in [1.54, 1.807) is 6.07 Å². The number of halogens is 3. The summed E-state index contributed by atoms with van der Waals surface area (Å²) >= 11 is 0. The predicted octanol–water partition coefficient (Wildman–Crippen LogP) is 3.69. The summed E-state index contributed by atoms with van der Waals surface area (Å²) in [6.07, 6.45) is -1.52. The molecule has 1 unspecified atom stereocenters. The van der Waals surface area contributed by atoms with Crippen LogP contribution in [0.15, 0.2) is 24.3 Å². The van der Waals surface area contributed by atoms with Gasteiger partial charge in [-0.25, -0.2) is 0 Å². The number of rotatable bonds is 2. The fourth-order valence-electron chi connectivity index (χ4n) is 2.55. The molecule has 1 nitrogen and oxygen atoms in total. The lowest BCUT2D eigenvalue weighted by molar-refractivity contribution is -0.137. The monoisotopic (exact) mass is 243 g/mol. The maximum Gasteiger partial charge on any atom is 0.416 e. The van der Waals surface area contributed by atoms with Crippen LogP contribution in [0.1, 0.15) is 37.3 Å². The van der Waals surface area contributed by atoms with E-state index in [4.69, 9.17) is 0 Å². The van der Waals surface area contributed by atoms with Crippen molar-refractivity contribution in [1.82, 2.24) is 5.32 Å². The molecule has 94 valence electrons. The molecule has 1 aliphatic heterocycles. The largest absolute Gasteiger partial charge is 0.416 e. The number of hydrogen-bond acceptors (Lipinski definition) is 1. The quantitative estimate of drug-likeness (QED) is 0.835. The second-order valence-corrected chi connectivity index (χ2v) is 4.54. The molecule has 0 saturated carbocycles. The van der Waals surface area contributed by atoms with Crippen molar-refractivity contribution in [2.24, 2.45) is 0 Å². The molecule has 0 spiro atoms. The maximum absolute atomic E-state index is 12.7. The Morgan fingerprint density at radius 3 is 2.65 bits per heavy atom. The first kappa shape index (κ1) is 12.4. The third-order valence-electron chi connectivity index (χ3n) is 3.59. The van der Waals surface area contributed by atoms with E-state index in [2.05, 4.69) is 5.32 Å². The van der Waals surface area contributed by atoms with Crippen LogP contribution in [0.2, 0.25) is 0 Å². The highest BCUT2D eigenvalue weighted by molar-refractivity contribution is 5.32. The van der Waals surface area contributed by atoms with Crippen molar-refractivity contribution in [1.29, 1.82) is 0 Å². The molecular formula is C13H16F3N. The van der Waals surface area contributed by atoms with E-state index >= 15 is 0 Å². The van der Waals surface area contributed by atoms with E-state index in [0.717, 1.165) is 37.4 Å². The van der Waals surface area contributed by atoms with Gasteiger partial charge in [-0.1, -0.05) is 19.1 Å². The van der Waals surface area contributed by atoms with E-state index in [1.165, 1.54) is 12.1 Å². The van der Waals surface area contributed by atoms with Crippen molar-refractivity contribution < 1.29 is 13.2 Å². The Balaban J connectivity index is 2.39. The molecule has 4 heteroatoms. The van der Waals surface area contributed by atoms with Gasteiger partial charge in [0.15, 0.2) is 0 Å². The van der Waals surface area contributed by atoms with Crippen LogP contribution in [-0.4, -0.2) is 6.54 Å². The van der Waals surface area contributed by atoms with Crippen LogP contribution in [0.4, 0.5) is 13.2 Å². The molecule has 1 saturated heterocycles. The van der Waals surface area contributed by atoms with Gasteiger partial charge in [0, 0.05) is 5.54 Å². The Bertz CT molecular complexity index is 392. The van der Waals surface area contributed by atoms with Gasteiger partial charge in [0.05, 0.1) is 5.56 Å². The zero-order valence-corrected chi connectivity index (χ0v) is 9.77. The fraction of sp³-hybridized carbons (Fsp3) is 0.538. The topological polar surface area (TPSA) is 12.0 Å². The van der Waals surface area contributed by atoms with Crippen LogP contribution in [0.25, 0.3) is 0 Å². The lowest BCUT2D eigenvalue weighted by Gasteiger charge is -2.29. The Morgan fingerprint density at radius 1 is 1.35 bits per heavy atom. The molecule has 1 atom stereocenters. The molecule has 0 aliphatic carbocycles. The number of benzene rings is 1. The fourth-order valence-corrected chi connectivity index (χ4v) is 2.55. The van der Waals surface area contributed by atoms with E-state index < -0.39 is 11.7 Å². The van der Waals surface area contributed by atoms with Crippen LogP contribution in [0, 0.1) is 0 Å². The minimum absolute atomic E-state index is 0.263. The van der Waals surface area contributed by atoms with Gasteiger partial charge in [0.25, 0.3) is 0 Å². The number of nitrogens with one attached hydrogen (secondary N) is 1. The lowest BCUT2D eigenvalue weighted by Crippen LogP contribution is -2.36. The van der Waals surface area contributed by atoms with Crippen molar-refractivity contribution >= 4 is 0 Å². The minimum atomic E-state index is -4.26. The molecule has 17 heavy (non-hydrogen) atoms. The van der Waals surface area contributed by atoms with Gasteiger partial charge in [-0.2, -0.15) is 13.2 Å². The Hall–Kier alpha value is -1.03. The molecule has 0 radical (unpaired) electrons. The van der Waals surface area contributed by atoms with Gasteiger partial charge in [-0.15, -0.1) is 0 Å². The predicted molar refractivity (Wildman–Crippen MR) is 60.6 cm³/mol. The molecule has 2 rings (SSSR count). The Morgan fingerprint density at radius 2 is 2.12 bits per heavy atom. The lowest BCUT2D eigenvalue weighted by atomic mass is 9.85. The van der Waals surface area contributed by atoms with Crippen molar-refractivity contribution in [2.45, 2.75) is 37.9 Å². The summed E-state index contributed by atoms with van der Waals surface area (Å²) in [5.41, 5.74) is -0.0646. The second-order valence-electron chi connectivity index (χ2n) is 4.54. The van der Waals surface area contributed by atoms with Gasteiger partial charge in [0.2, 0.25) is 0 Å². The zero-order chi connectivity index (χ0) is 12.5. The molecule has 0 amide bonds. The van der Waals surface area contributed by atoms with Gasteiger partial charge in [-0.05, 0) is 43.5 Å². The molecule has 0 aromatic heterocycles. The summed E-state index contributed by atoms with van der Waals surface area (Å²) in [7, 11) is 0. The van der Waals surface area contributed by atoms with Crippen molar-refractivity contribution in [3.05, 3.63) is 35.4 Å².